The molecule has 0 aliphatic carbocycles. The summed E-state index contributed by atoms with van der Waals surface area (Å²) in [6.45, 7) is 0. The van der Waals surface area contributed by atoms with Gasteiger partial charge in [0.15, 0.2) is 0 Å². The van der Waals surface area contributed by atoms with Gasteiger partial charge in [0, 0.05) is 30.9 Å². The number of benzene rings is 2. The lowest BCUT2D eigenvalue weighted by molar-refractivity contribution is 0.117. The van der Waals surface area contributed by atoms with E-state index >= 15 is 0 Å². The fraction of sp³-hybridized carbons (Fsp3) is 0.125. The van der Waals surface area contributed by atoms with Crippen LogP contribution in [-0.4, -0.2) is 13.5 Å². The lowest BCUT2D eigenvalue weighted by Gasteiger charge is -2.31. The molecule has 19 heavy (non-hydrogen) atoms. The normalized spacial score (nSPS) is 15.2. The Bertz CT molecular complexity index is 504. The molecule has 1 aliphatic heterocycles. The highest BCUT2D eigenvalue weighted by atomic mass is 16.5. The maximum Gasteiger partial charge on any atom is 0.217 e. The van der Waals surface area contributed by atoms with Crippen LogP contribution in [0, 0.1) is 0 Å². The van der Waals surface area contributed by atoms with Gasteiger partial charge in [-0.2, -0.15) is 0 Å². The molecule has 1 heterocycles. The van der Waals surface area contributed by atoms with Crippen LogP contribution >= 0.6 is 0 Å². The summed E-state index contributed by atoms with van der Waals surface area (Å²) in [6, 6.07) is 20.4. The molecule has 0 bridgehead atoms. The van der Waals surface area contributed by atoms with Gasteiger partial charge >= 0.3 is 0 Å². The van der Waals surface area contributed by atoms with Gasteiger partial charge in [-0.25, -0.2) is 0 Å². The van der Waals surface area contributed by atoms with Crippen LogP contribution in [-0.2, 0) is 4.74 Å². The Morgan fingerprint density at radius 2 is 1.16 bits per heavy atom. The summed E-state index contributed by atoms with van der Waals surface area (Å²) < 4.78 is 5.63. The number of ether oxygens (including phenoxy) is 1. The minimum atomic E-state index is -0.148. The van der Waals surface area contributed by atoms with E-state index in [9.17, 15) is 0 Å². The lowest BCUT2D eigenvalue weighted by atomic mass is 10.3. The molecule has 0 saturated carbocycles. The molecule has 0 atom stereocenters. The van der Waals surface area contributed by atoms with E-state index in [1.807, 2.05) is 48.8 Å². The molecule has 0 aromatic heterocycles. The van der Waals surface area contributed by atoms with Crippen molar-refractivity contribution in [1.82, 2.24) is 0 Å². The SMILES string of the molecule is COC1N(c2ccccc2)C=CN1c1ccccc1. The summed E-state index contributed by atoms with van der Waals surface area (Å²) in [5.74, 6) is 0. The van der Waals surface area contributed by atoms with Crippen LogP contribution in [0.2, 0.25) is 0 Å². The van der Waals surface area contributed by atoms with E-state index in [2.05, 4.69) is 34.1 Å². The van der Waals surface area contributed by atoms with Gasteiger partial charge in [-0.3, -0.25) is 0 Å². The third kappa shape index (κ3) is 2.20. The molecule has 96 valence electrons. The summed E-state index contributed by atoms with van der Waals surface area (Å²) in [4.78, 5) is 4.21. The van der Waals surface area contributed by atoms with E-state index in [-0.39, 0.29) is 6.35 Å². The number of hydrogen-bond donors (Lipinski definition) is 0. The maximum atomic E-state index is 5.63. The second-order valence-corrected chi connectivity index (χ2v) is 4.35. The molecular weight excluding hydrogens is 236 g/mol. The standard InChI is InChI=1S/C16H16N2O/c1-19-16-17(14-8-4-2-5-9-14)12-13-18(16)15-10-6-3-7-11-15/h2-13,16H,1H3. The van der Waals surface area contributed by atoms with Gasteiger partial charge in [0.1, 0.15) is 0 Å². The Hall–Kier alpha value is -2.26. The summed E-state index contributed by atoms with van der Waals surface area (Å²) in [5, 5.41) is 0. The molecule has 2 aromatic rings. The Kier molecular flexibility index (Phi) is 3.21. The summed E-state index contributed by atoms with van der Waals surface area (Å²) in [6.07, 6.45) is 3.93. The van der Waals surface area contributed by atoms with Gasteiger partial charge in [-0.15, -0.1) is 0 Å². The monoisotopic (exact) mass is 252 g/mol. The van der Waals surface area contributed by atoms with Crippen molar-refractivity contribution in [3.05, 3.63) is 73.1 Å². The topological polar surface area (TPSA) is 15.7 Å². The molecule has 0 spiro atoms. The van der Waals surface area contributed by atoms with E-state index < -0.39 is 0 Å². The average molecular weight is 252 g/mol. The zero-order chi connectivity index (χ0) is 13.1. The first kappa shape index (κ1) is 11.8. The van der Waals surface area contributed by atoms with Crippen molar-refractivity contribution in [2.24, 2.45) is 0 Å². The van der Waals surface area contributed by atoms with Crippen LogP contribution in [0.1, 0.15) is 0 Å². The predicted octanol–water partition coefficient (Wildman–Crippen LogP) is 3.41. The van der Waals surface area contributed by atoms with E-state index in [4.69, 9.17) is 4.74 Å². The summed E-state index contributed by atoms with van der Waals surface area (Å²) >= 11 is 0. The van der Waals surface area contributed by atoms with Crippen molar-refractivity contribution < 1.29 is 4.74 Å². The number of nitrogens with zero attached hydrogens (tertiary/aromatic N) is 2. The van der Waals surface area contributed by atoms with Gasteiger partial charge in [-0.05, 0) is 24.3 Å². The minimum absolute atomic E-state index is 0.148. The van der Waals surface area contributed by atoms with Gasteiger partial charge in [0.25, 0.3) is 0 Å². The molecule has 2 aromatic carbocycles. The lowest BCUT2D eigenvalue weighted by Crippen LogP contribution is -2.40. The van der Waals surface area contributed by atoms with E-state index in [1.165, 1.54) is 0 Å². The van der Waals surface area contributed by atoms with Crippen molar-refractivity contribution >= 4 is 11.4 Å². The zero-order valence-corrected chi connectivity index (χ0v) is 10.8. The number of hydrogen-bond acceptors (Lipinski definition) is 3. The van der Waals surface area contributed by atoms with E-state index in [0.29, 0.717) is 0 Å². The first-order valence-corrected chi connectivity index (χ1v) is 6.28. The molecule has 3 heteroatoms. The van der Waals surface area contributed by atoms with Crippen molar-refractivity contribution in [3.8, 4) is 0 Å². The largest absolute Gasteiger partial charge is 0.343 e. The van der Waals surface area contributed by atoms with Crippen LogP contribution in [0.3, 0.4) is 0 Å². The highest BCUT2D eigenvalue weighted by Gasteiger charge is 2.27. The van der Waals surface area contributed by atoms with Crippen LogP contribution in [0.15, 0.2) is 73.1 Å². The molecule has 3 rings (SSSR count). The molecule has 3 nitrogen and oxygen atoms in total. The van der Waals surface area contributed by atoms with Gasteiger partial charge in [0.05, 0.1) is 0 Å². The van der Waals surface area contributed by atoms with Crippen molar-refractivity contribution in [3.63, 3.8) is 0 Å². The highest BCUT2D eigenvalue weighted by molar-refractivity contribution is 5.60. The van der Waals surface area contributed by atoms with Crippen molar-refractivity contribution in [2.75, 3.05) is 16.9 Å². The molecule has 0 fully saturated rings. The van der Waals surface area contributed by atoms with E-state index in [1.54, 1.807) is 7.11 Å². The first-order chi connectivity index (χ1) is 9.40. The highest BCUT2D eigenvalue weighted by Crippen LogP contribution is 2.28. The Morgan fingerprint density at radius 1 is 0.737 bits per heavy atom. The van der Waals surface area contributed by atoms with Gasteiger partial charge in [0.2, 0.25) is 6.35 Å². The fourth-order valence-corrected chi connectivity index (χ4v) is 2.28. The molecule has 0 unspecified atom stereocenters. The molecule has 1 aliphatic rings. The van der Waals surface area contributed by atoms with Gasteiger partial charge in [-0.1, -0.05) is 36.4 Å². The molecular formula is C16H16N2O. The third-order valence-corrected chi connectivity index (χ3v) is 3.18. The Balaban J connectivity index is 1.90. The molecule has 0 N–H and O–H groups in total. The van der Waals surface area contributed by atoms with Gasteiger partial charge < -0.3 is 14.5 Å². The van der Waals surface area contributed by atoms with Crippen molar-refractivity contribution in [1.29, 1.82) is 0 Å². The second-order valence-electron chi connectivity index (χ2n) is 4.35. The Labute approximate surface area is 113 Å². The van der Waals surface area contributed by atoms with Crippen LogP contribution in [0.4, 0.5) is 11.4 Å². The number of para-hydroxylation sites is 2. The van der Waals surface area contributed by atoms with Crippen LogP contribution in [0.25, 0.3) is 0 Å². The zero-order valence-electron chi connectivity index (χ0n) is 10.8. The summed E-state index contributed by atoms with van der Waals surface area (Å²) in [7, 11) is 1.73. The van der Waals surface area contributed by atoms with E-state index in [0.717, 1.165) is 11.4 Å². The molecule has 0 saturated heterocycles. The summed E-state index contributed by atoms with van der Waals surface area (Å²) in [5.41, 5.74) is 2.23. The quantitative estimate of drug-likeness (QED) is 0.832. The predicted molar refractivity (Wildman–Crippen MR) is 77.8 cm³/mol. The maximum absolute atomic E-state index is 5.63. The Morgan fingerprint density at radius 3 is 1.53 bits per heavy atom. The average Bonchev–Trinajstić information content (AvgIpc) is 2.93. The number of methoxy groups -OCH3 is 1. The van der Waals surface area contributed by atoms with Crippen LogP contribution in [0.5, 0.6) is 0 Å². The number of rotatable bonds is 3. The smallest absolute Gasteiger partial charge is 0.217 e. The van der Waals surface area contributed by atoms with Crippen molar-refractivity contribution in [2.45, 2.75) is 6.35 Å². The first-order valence-electron chi connectivity index (χ1n) is 6.28. The molecule has 0 amide bonds. The number of anilines is 2. The van der Waals surface area contributed by atoms with Crippen LogP contribution < -0.4 is 9.80 Å². The fourth-order valence-electron chi connectivity index (χ4n) is 2.28. The molecule has 0 radical (unpaired) electrons. The minimum Gasteiger partial charge on any atom is -0.343 e. The third-order valence-electron chi connectivity index (χ3n) is 3.18. The second kappa shape index (κ2) is 5.16.